The Morgan fingerprint density at radius 1 is 1.29 bits per heavy atom. The highest BCUT2D eigenvalue weighted by Crippen LogP contribution is 2.28. The average molecular weight is 289 g/mol. The van der Waals surface area contributed by atoms with Crippen molar-refractivity contribution in [2.45, 2.75) is 38.1 Å². The number of hydrogen-bond acceptors (Lipinski definition) is 3. The van der Waals surface area contributed by atoms with E-state index in [2.05, 4.69) is 10.3 Å². The molecule has 0 bridgehead atoms. The normalized spacial score (nSPS) is 15.9. The monoisotopic (exact) mass is 289 g/mol. The van der Waals surface area contributed by atoms with Crippen molar-refractivity contribution in [1.82, 2.24) is 9.55 Å². The molecule has 2 aromatic rings. The van der Waals surface area contributed by atoms with Crippen LogP contribution in [0.1, 0.15) is 32.1 Å². The molecule has 1 aliphatic rings. The van der Waals surface area contributed by atoms with E-state index in [4.69, 9.17) is 4.74 Å². The molecule has 0 amide bonds. The standard InChI is InChI=1S/C16H20FN3O/c1-21-15-11-12(17)7-8-14(15)20-10-9-18-16(20)19-13-5-3-2-4-6-13/h7-11,13H,2-6H2,1H3,(H,18,19). The van der Waals surface area contributed by atoms with Crippen LogP contribution in [0, 0.1) is 5.82 Å². The molecular weight excluding hydrogens is 269 g/mol. The molecule has 1 N–H and O–H groups in total. The maximum Gasteiger partial charge on any atom is 0.207 e. The fourth-order valence-electron chi connectivity index (χ4n) is 2.88. The lowest BCUT2D eigenvalue weighted by atomic mass is 9.96. The second kappa shape index (κ2) is 6.16. The lowest BCUT2D eigenvalue weighted by molar-refractivity contribution is 0.409. The second-order valence-electron chi connectivity index (χ2n) is 5.42. The maximum atomic E-state index is 13.3. The first-order valence-corrected chi connectivity index (χ1v) is 7.42. The highest BCUT2D eigenvalue weighted by atomic mass is 19.1. The lowest BCUT2D eigenvalue weighted by Gasteiger charge is -2.24. The summed E-state index contributed by atoms with van der Waals surface area (Å²) in [5, 5.41) is 3.50. The van der Waals surface area contributed by atoms with Gasteiger partial charge in [-0.2, -0.15) is 0 Å². The molecule has 3 rings (SSSR count). The third kappa shape index (κ3) is 3.01. The molecule has 1 saturated carbocycles. The Morgan fingerprint density at radius 3 is 2.86 bits per heavy atom. The van der Waals surface area contributed by atoms with Gasteiger partial charge >= 0.3 is 0 Å². The number of nitrogens with zero attached hydrogens (tertiary/aromatic N) is 2. The maximum absolute atomic E-state index is 13.3. The van der Waals surface area contributed by atoms with Gasteiger partial charge in [-0.15, -0.1) is 0 Å². The van der Waals surface area contributed by atoms with Crippen molar-refractivity contribution in [2.24, 2.45) is 0 Å². The van der Waals surface area contributed by atoms with Gasteiger partial charge in [-0.05, 0) is 25.0 Å². The smallest absolute Gasteiger partial charge is 0.207 e. The molecule has 0 unspecified atom stereocenters. The molecule has 1 aromatic carbocycles. The number of anilines is 1. The van der Waals surface area contributed by atoms with E-state index in [0.717, 1.165) is 11.6 Å². The van der Waals surface area contributed by atoms with Crippen LogP contribution in [-0.4, -0.2) is 22.7 Å². The van der Waals surface area contributed by atoms with Gasteiger partial charge in [-0.3, -0.25) is 4.57 Å². The van der Waals surface area contributed by atoms with Gasteiger partial charge in [-0.25, -0.2) is 9.37 Å². The van der Waals surface area contributed by atoms with E-state index in [-0.39, 0.29) is 5.82 Å². The second-order valence-corrected chi connectivity index (χ2v) is 5.42. The Hall–Kier alpha value is -2.04. The number of nitrogens with one attached hydrogen (secondary N) is 1. The van der Waals surface area contributed by atoms with Gasteiger partial charge in [-0.1, -0.05) is 19.3 Å². The van der Waals surface area contributed by atoms with Gasteiger partial charge in [0.1, 0.15) is 11.6 Å². The number of benzene rings is 1. The molecule has 0 aliphatic heterocycles. The summed E-state index contributed by atoms with van der Waals surface area (Å²) in [6.45, 7) is 0. The van der Waals surface area contributed by atoms with Crippen molar-refractivity contribution in [3.05, 3.63) is 36.4 Å². The van der Waals surface area contributed by atoms with Crippen molar-refractivity contribution in [1.29, 1.82) is 0 Å². The van der Waals surface area contributed by atoms with Gasteiger partial charge < -0.3 is 10.1 Å². The molecule has 0 spiro atoms. The zero-order valence-electron chi connectivity index (χ0n) is 12.2. The Morgan fingerprint density at radius 2 is 2.10 bits per heavy atom. The topological polar surface area (TPSA) is 39.1 Å². The third-order valence-corrected chi connectivity index (χ3v) is 3.98. The summed E-state index contributed by atoms with van der Waals surface area (Å²) in [7, 11) is 1.55. The van der Waals surface area contributed by atoms with E-state index >= 15 is 0 Å². The van der Waals surface area contributed by atoms with Crippen LogP contribution in [0.2, 0.25) is 0 Å². The minimum atomic E-state index is -0.308. The molecule has 5 heteroatoms. The van der Waals surface area contributed by atoms with Crippen LogP contribution in [0.5, 0.6) is 5.75 Å². The van der Waals surface area contributed by atoms with Crippen LogP contribution in [0.3, 0.4) is 0 Å². The van der Waals surface area contributed by atoms with Crippen LogP contribution in [0.15, 0.2) is 30.6 Å². The zero-order chi connectivity index (χ0) is 14.7. The number of ether oxygens (including phenoxy) is 1. The molecule has 4 nitrogen and oxygen atoms in total. The first kappa shape index (κ1) is 13.9. The summed E-state index contributed by atoms with van der Waals surface area (Å²) < 4.78 is 20.5. The van der Waals surface area contributed by atoms with Crippen molar-refractivity contribution in [3.63, 3.8) is 0 Å². The van der Waals surface area contributed by atoms with Gasteiger partial charge in [0.15, 0.2) is 0 Å². The summed E-state index contributed by atoms with van der Waals surface area (Å²) >= 11 is 0. The third-order valence-electron chi connectivity index (χ3n) is 3.98. The van der Waals surface area contributed by atoms with E-state index in [1.165, 1.54) is 44.2 Å². The molecule has 112 valence electrons. The molecule has 0 atom stereocenters. The summed E-state index contributed by atoms with van der Waals surface area (Å²) in [6, 6.07) is 5.00. The van der Waals surface area contributed by atoms with E-state index in [0.29, 0.717) is 11.8 Å². The summed E-state index contributed by atoms with van der Waals surface area (Å²) in [5.74, 6) is 0.976. The van der Waals surface area contributed by atoms with Gasteiger partial charge in [0, 0.05) is 24.5 Å². The Bertz CT molecular complexity index is 605. The van der Waals surface area contributed by atoms with Crippen LogP contribution in [-0.2, 0) is 0 Å². The van der Waals surface area contributed by atoms with Crippen LogP contribution >= 0.6 is 0 Å². The predicted octanol–water partition coefficient (Wildman–Crippen LogP) is 3.76. The van der Waals surface area contributed by atoms with Crippen molar-refractivity contribution in [2.75, 3.05) is 12.4 Å². The first-order chi connectivity index (χ1) is 10.3. The van der Waals surface area contributed by atoms with Crippen LogP contribution in [0.4, 0.5) is 10.3 Å². The molecule has 0 radical (unpaired) electrons. The predicted molar refractivity (Wildman–Crippen MR) is 80.6 cm³/mol. The first-order valence-electron chi connectivity index (χ1n) is 7.42. The van der Waals surface area contributed by atoms with E-state index in [9.17, 15) is 4.39 Å². The van der Waals surface area contributed by atoms with Crippen LogP contribution in [0.25, 0.3) is 5.69 Å². The summed E-state index contributed by atoms with van der Waals surface area (Å²) in [5.41, 5.74) is 0.787. The Kier molecular flexibility index (Phi) is 4.08. The van der Waals surface area contributed by atoms with Gasteiger partial charge in [0.2, 0.25) is 5.95 Å². The summed E-state index contributed by atoms with van der Waals surface area (Å²) in [4.78, 5) is 4.39. The molecule has 21 heavy (non-hydrogen) atoms. The van der Waals surface area contributed by atoms with Gasteiger partial charge in [0.05, 0.1) is 12.8 Å². The van der Waals surface area contributed by atoms with E-state index in [1.54, 1.807) is 19.4 Å². The molecule has 1 fully saturated rings. The lowest BCUT2D eigenvalue weighted by Crippen LogP contribution is -2.24. The Labute approximate surface area is 124 Å². The van der Waals surface area contributed by atoms with Crippen molar-refractivity contribution < 1.29 is 9.13 Å². The highest BCUT2D eigenvalue weighted by Gasteiger charge is 2.17. The van der Waals surface area contributed by atoms with Gasteiger partial charge in [0.25, 0.3) is 0 Å². The van der Waals surface area contributed by atoms with E-state index in [1.807, 2.05) is 10.8 Å². The average Bonchev–Trinajstić information content (AvgIpc) is 2.96. The molecule has 1 heterocycles. The SMILES string of the molecule is COc1cc(F)ccc1-n1ccnc1NC1CCCCC1. The number of methoxy groups -OCH3 is 1. The number of imidazole rings is 1. The number of halogens is 1. The molecule has 0 saturated heterocycles. The highest BCUT2D eigenvalue weighted by molar-refractivity contribution is 5.51. The number of hydrogen-bond donors (Lipinski definition) is 1. The fourth-order valence-corrected chi connectivity index (χ4v) is 2.88. The largest absolute Gasteiger partial charge is 0.494 e. The van der Waals surface area contributed by atoms with Crippen LogP contribution < -0.4 is 10.1 Å². The Balaban J connectivity index is 1.88. The van der Waals surface area contributed by atoms with E-state index < -0.39 is 0 Å². The minimum Gasteiger partial charge on any atom is -0.494 e. The number of aromatic nitrogens is 2. The molecule has 1 aromatic heterocycles. The summed E-state index contributed by atoms with van der Waals surface area (Å²) in [6.07, 6.45) is 9.80. The van der Waals surface area contributed by atoms with Crippen molar-refractivity contribution in [3.8, 4) is 11.4 Å². The fraction of sp³-hybridized carbons (Fsp3) is 0.438. The quantitative estimate of drug-likeness (QED) is 0.931. The minimum absolute atomic E-state index is 0.308. The number of rotatable bonds is 4. The molecular formula is C16H20FN3O. The zero-order valence-corrected chi connectivity index (χ0v) is 12.2. The van der Waals surface area contributed by atoms with Crippen molar-refractivity contribution >= 4 is 5.95 Å². The molecule has 1 aliphatic carbocycles.